The van der Waals surface area contributed by atoms with Crippen LogP contribution in [0.5, 0.6) is 0 Å². The maximum atomic E-state index is 5.85. The predicted octanol–water partition coefficient (Wildman–Crippen LogP) is 2.98. The molecule has 1 aromatic heterocycles. The Balaban J connectivity index is 1.93. The number of aromatic nitrogens is 2. The van der Waals surface area contributed by atoms with Crippen LogP contribution >= 0.6 is 11.6 Å². The number of hydrogen-bond acceptors (Lipinski definition) is 3. The molecule has 2 rings (SSSR count). The molecular formula is C13H14ClN3. The van der Waals surface area contributed by atoms with Crippen LogP contribution in [0.3, 0.4) is 0 Å². The molecule has 4 heteroatoms. The second-order valence-corrected chi connectivity index (χ2v) is 4.34. The quantitative estimate of drug-likeness (QED) is 0.903. The van der Waals surface area contributed by atoms with Gasteiger partial charge in [-0.05, 0) is 24.6 Å². The maximum Gasteiger partial charge on any atom is 0.115 e. The highest BCUT2D eigenvalue weighted by molar-refractivity contribution is 6.30. The molecule has 0 saturated heterocycles. The SMILES string of the molecule is CC(NCc1cncnc1)c1ccc(Cl)cc1. The third-order valence-corrected chi connectivity index (χ3v) is 2.85. The number of nitrogens with zero attached hydrogens (tertiary/aromatic N) is 2. The van der Waals surface area contributed by atoms with Crippen molar-refractivity contribution in [3.05, 3.63) is 59.1 Å². The van der Waals surface area contributed by atoms with Crippen LogP contribution in [0.2, 0.25) is 5.02 Å². The molecule has 0 aliphatic heterocycles. The van der Waals surface area contributed by atoms with Crippen molar-refractivity contribution in [2.75, 3.05) is 0 Å². The summed E-state index contributed by atoms with van der Waals surface area (Å²) < 4.78 is 0. The van der Waals surface area contributed by atoms with E-state index in [0.717, 1.165) is 17.1 Å². The van der Waals surface area contributed by atoms with Gasteiger partial charge in [-0.3, -0.25) is 0 Å². The third kappa shape index (κ3) is 3.51. The number of benzene rings is 1. The van der Waals surface area contributed by atoms with Crippen LogP contribution < -0.4 is 5.32 Å². The summed E-state index contributed by atoms with van der Waals surface area (Å²) in [5.41, 5.74) is 2.29. The second kappa shape index (κ2) is 5.75. The molecule has 0 amide bonds. The lowest BCUT2D eigenvalue weighted by Gasteiger charge is -2.14. The van der Waals surface area contributed by atoms with Gasteiger partial charge < -0.3 is 5.32 Å². The van der Waals surface area contributed by atoms with Gasteiger partial charge in [0.1, 0.15) is 6.33 Å². The minimum Gasteiger partial charge on any atom is -0.306 e. The van der Waals surface area contributed by atoms with Crippen molar-refractivity contribution in [2.45, 2.75) is 19.5 Å². The molecule has 1 N–H and O–H groups in total. The first kappa shape index (κ1) is 12.0. The van der Waals surface area contributed by atoms with Gasteiger partial charge >= 0.3 is 0 Å². The summed E-state index contributed by atoms with van der Waals surface area (Å²) in [7, 11) is 0. The zero-order valence-electron chi connectivity index (χ0n) is 9.60. The molecule has 0 spiro atoms. The zero-order valence-corrected chi connectivity index (χ0v) is 10.4. The highest BCUT2D eigenvalue weighted by atomic mass is 35.5. The van der Waals surface area contributed by atoms with Crippen LogP contribution in [0.1, 0.15) is 24.1 Å². The van der Waals surface area contributed by atoms with Crippen molar-refractivity contribution < 1.29 is 0 Å². The monoisotopic (exact) mass is 247 g/mol. The Labute approximate surface area is 106 Å². The predicted molar refractivity (Wildman–Crippen MR) is 68.7 cm³/mol. The van der Waals surface area contributed by atoms with Crippen molar-refractivity contribution in [3.63, 3.8) is 0 Å². The molecule has 0 radical (unpaired) electrons. The Morgan fingerprint density at radius 3 is 2.47 bits per heavy atom. The molecule has 0 aliphatic carbocycles. The average Bonchev–Trinajstić information content (AvgIpc) is 2.38. The number of halogens is 1. The lowest BCUT2D eigenvalue weighted by Crippen LogP contribution is -2.18. The average molecular weight is 248 g/mol. The Kier molecular flexibility index (Phi) is 4.07. The highest BCUT2D eigenvalue weighted by Gasteiger charge is 2.04. The van der Waals surface area contributed by atoms with E-state index in [1.807, 2.05) is 36.7 Å². The Morgan fingerprint density at radius 1 is 1.18 bits per heavy atom. The summed E-state index contributed by atoms with van der Waals surface area (Å²) in [6.07, 6.45) is 5.16. The molecule has 0 fully saturated rings. The van der Waals surface area contributed by atoms with Crippen molar-refractivity contribution in [1.29, 1.82) is 0 Å². The summed E-state index contributed by atoms with van der Waals surface area (Å²) >= 11 is 5.85. The van der Waals surface area contributed by atoms with Crippen molar-refractivity contribution in [3.8, 4) is 0 Å². The lowest BCUT2D eigenvalue weighted by atomic mass is 10.1. The maximum absolute atomic E-state index is 5.85. The minimum absolute atomic E-state index is 0.271. The smallest absolute Gasteiger partial charge is 0.115 e. The van der Waals surface area contributed by atoms with Crippen LogP contribution in [0, 0.1) is 0 Å². The lowest BCUT2D eigenvalue weighted by molar-refractivity contribution is 0.573. The van der Waals surface area contributed by atoms with E-state index in [1.54, 1.807) is 0 Å². The third-order valence-electron chi connectivity index (χ3n) is 2.60. The summed E-state index contributed by atoms with van der Waals surface area (Å²) in [5, 5.41) is 4.17. The number of nitrogens with one attached hydrogen (secondary N) is 1. The van der Waals surface area contributed by atoms with E-state index in [9.17, 15) is 0 Å². The van der Waals surface area contributed by atoms with Crippen molar-refractivity contribution >= 4 is 11.6 Å². The zero-order chi connectivity index (χ0) is 12.1. The Bertz CT molecular complexity index is 456. The van der Waals surface area contributed by atoms with Gasteiger partial charge in [-0.2, -0.15) is 0 Å². The first-order valence-electron chi connectivity index (χ1n) is 5.48. The molecule has 0 aliphatic rings. The van der Waals surface area contributed by atoms with Gasteiger partial charge in [0.25, 0.3) is 0 Å². The van der Waals surface area contributed by atoms with Gasteiger partial charge in [-0.25, -0.2) is 9.97 Å². The van der Waals surface area contributed by atoms with Crippen LogP contribution in [0.25, 0.3) is 0 Å². The van der Waals surface area contributed by atoms with Crippen LogP contribution in [0.15, 0.2) is 43.0 Å². The molecule has 1 aromatic carbocycles. The molecule has 0 bridgehead atoms. The fourth-order valence-corrected chi connectivity index (χ4v) is 1.69. The number of rotatable bonds is 4. The fourth-order valence-electron chi connectivity index (χ4n) is 1.56. The van der Waals surface area contributed by atoms with E-state index in [1.165, 1.54) is 11.9 Å². The van der Waals surface area contributed by atoms with Crippen LogP contribution in [0.4, 0.5) is 0 Å². The van der Waals surface area contributed by atoms with Gasteiger partial charge in [0.05, 0.1) is 0 Å². The Morgan fingerprint density at radius 2 is 1.82 bits per heavy atom. The van der Waals surface area contributed by atoms with Gasteiger partial charge in [-0.1, -0.05) is 23.7 Å². The van der Waals surface area contributed by atoms with E-state index in [4.69, 9.17) is 11.6 Å². The normalized spacial score (nSPS) is 12.4. The standard InChI is InChI=1S/C13H14ClN3/c1-10(12-2-4-13(14)5-3-12)17-8-11-6-15-9-16-7-11/h2-7,9-10,17H,8H2,1H3. The molecule has 0 saturated carbocycles. The fraction of sp³-hybridized carbons (Fsp3) is 0.231. The first-order chi connectivity index (χ1) is 8.25. The molecule has 3 nitrogen and oxygen atoms in total. The van der Waals surface area contributed by atoms with E-state index in [2.05, 4.69) is 22.2 Å². The van der Waals surface area contributed by atoms with Gasteiger partial charge in [0.2, 0.25) is 0 Å². The van der Waals surface area contributed by atoms with E-state index in [-0.39, 0.29) is 6.04 Å². The van der Waals surface area contributed by atoms with E-state index in [0.29, 0.717) is 0 Å². The minimum atomic E-state index is 0.271. The van der Waals surface area contributed by atoms with Gasteiger partial charge in [0.15, 0.2) is 0 Å². The molecule has 2 aromatic rings. The summed E-state index contributed by atoms with van der Waals surface area (Å²) in [4.78, 5) is 7.96. The van der Waals surface area contributed by atoms with Crippen LogP contribution in [-0.2, 0) is 6.54 Å². The van der Waals surface area contributed by atoms with Crippen LogP contribution in [-0.4, -0.2) is 9.97 Å². The number of hydrogen-bond donors (Lipinski definition) is 1. The topological polar surface area (TPSA) is 37.8 Å². The summed E-state index contributed by atoms with van der Waals surface area (Å²) in [5.74, 6) is 0. The van der Waals surface area contributed by atoms with Crippen molar-refractivity contribution in [2.24, 2.45) is 0 Å². The molecule has 17 heavy (non-hydrogen) atoms. The molecule has 1 heterocycles. The van der Waals surface area contributed by atoms with E-state index < -0.39 is 0 Å². The molecular weight excluding hydrogens is 234 g/mol. The second-order valence-electron chi connectivity index (χ2n) is 3.90. The molecule has 1 atom stereocenters. The largest absolute Gasteiger partial charge is 0.306 e. The van der Waals surface area contributed by atoms with Gasteiger partial charge in [-0.15, -0.1) is 0 Å². The molecule has 88 valence electrons. The summed E-state index contributed by atoms with van der Waals surface area (Å²) in [6.45, 7) is 2.87. The highest BCUT2D eigenvalue weighted by Crippen LogP contribution is 2.16. The molecule has 1 unspecified atom stereocenters. The Hall–Kier alpha value is -1.45. The van der Waals surface area contributed by atoms with E-state index >= 15 is 0 Å². The van der Waals surface area contributed by atoms with Crippen molar-refractivity contribution in [1.82, 2.24) is 15.3 Å². The first-order valence-corrected chi connectivity index (χ1v) is 5.86. The summed E-state index contributed by atoms with van der Waals surface area (Å²) in [6, 6.07) is 8.14. The van der Waals surface area contributed by atoms with Gasteiger partial charge in [0, 0.05) is 35.6 Å².